The Morgan fingerprint density at radius 2 is 1.95 bits per heavy atom. The number of carbonyl (C=O) groups is 1. The van der Waals surface area contributed by atoms with E-state index < -0.39 is 18.4 Å². The van der Waals surface area contributed by atoms with Gasteiger partial charge in [0.05, 0.1) is 25.2 Å². The van der Waals surface area contributed by atoms with Crippen molar-refractivity contribution in [2.45, 2.75) is 32.3 Å². The average molecular weight is 584 g/mol. The van der Waals surface area contributed by atoms with Gasteiger partial charge in [0, 0.05) is 42.0 Å². The van der Waals surface area contributed by atoms with Crippen LogP contribution in [0.1, 0.15) is 19.0 Å². The summed E-state index contributed by atoms with van der Waals surface area (Å²) in [7, 11) is 0. The lowest BCUT2D eigenvalue weighted by atomic mass is 10.2. The number of aliphatic hydroxyl groups excluding tert-OH is 2. The topological polar surface area (TPSA) is 178 Å². The zero-order valence-corrected chi connectivity index (χ0v) is 23.0. The highest BCUT2D eigenvalue weighted by atomic mass is 19.1. The Bertz CT molecular complexity index is 1450. The molecule has 0 aliphatic rings. The molecule has 1 amide bonds. The number of hydrogen-bond donors (Lipinski definition) is 6. The van der Waals surface area contributed by atoms with Crippen LogP contribution in [-0.4, -0.2) is 91.7 Å². The van der Waals surface area contributed by atoms with Crippen molar-refractivity contribution in [1.29, 1.82) is 0 Å². The molecule has 14 heteroatoms. The van der Waals surface area contributed by atoms with Crippen LogP contribution in [0.15, 0.2) is 54.9 Å². The number of nitrogens with one attached hydrogen (secondary N) is 3. The summed E-state index contributed by atoms with van der Waals surface area (Å²) in [5.74, 6) is 0.917. The van der Waals surface area contributed by atoms with Crippen LogP contribution in [0.5, 0.6) is 5.75 Å². The van der Waals surface area contributed by atoms with E-state index in [4.69, 9.17) is 19.7 Å². The predicted octanol–water partition coefficient (Wildman–Crippen LogP) is 2.15. The summed E-state index contributed by atoms with van der Waals surface area (Å²) in [5, 5.41) is 40.6. The summed E-state index contributed by atoms with van der Waals surface area (Å²) in [4.78, 5) is 23.1. The lowest BCUT2D eigenvalue weighted by Gasteiger charge is -2.21. The Hall–Kier alpha value is -4.21. The molecule has 0 aliphatic heterocycles. The zero-order valence-electron chi connectivity index (χ0n) is 23.0. The molecule has 0 saturated heterocycles. The van der Waals surface area contributed by atoms with Crippen LogP contribution >= 0.6 is 0 Å². The average Bonchev–Trinajstić information content (AvgIpc) is 3.40. The highest BCUT2D eigenvalue weighted by Crippen LogP contribution is 2.26. The van der Waals surface area contributed by atoms with Crippen molar-refractivity contribution in [2.24, 2.45) is 0 Å². The quantitative estimate of drug-likeness (QED) is 0.0841. The molecule has 0 radical (unpaired) electrons. The van der Waals surface area contributed by atoms with E-state index in [1.165, 1.54) is 24.5 Å². The van der Waals surface area contributed by atoms with Crippen molar-refractivity contribution in [1.82, 2.24) is 25.1 Å². The van der Waals surface area contributed by atoms with Crippen LogP contribution in [0.3, 0.4) is 0 Å². The van der Waals surface area contributed by atoms with Gasteiger partial charge < -0.3 is 40.3 Å². The summed E-state index contributed by atoms with van der Waals surface area (Å²) < 4.78 is 24.2. The molecule has 0 bridgehead atoms. The van der Waals surface area contributed by atoms with Gasteiger partial charge in [-0.05, 0) is 43.3 Å². The molecule has 0 fully saturated rings. The number of carbonyl (C=O) groups excluding carboxylic acids is 1. The number of hydrogen-bond acceptors (Lipinski definition) is 11. The Morgan fingerprint density at radius 3 is 2.74 bits per heavy atom. The second-order valence-electron chi connectivity index (χ2n) is 9.35. The van der Waals surface area contributed by atoms with Gasteiger partial charge in [-0.1, -0.05) is 13.0 Å². The minimum atomic E-state index is -1.93. The SMILES string of the molecule is CCN(CCCOc1ccc2c(Nc3cc(CC(=O)Nc4cccc(F)c4)[nH]n3)ncnc2c1)CCOC(O)C(O)O. The number of halogens is 1. The number of fused-ring (bicyclic) bond motifs is 1. The first kappa shape index (κ1) is 30.7. The van der Waals surface area contributed by atoms with Gasteiger partial charge in [0.2, 0.25) is 18.5 Å². The lowest BCUT2D eigenvalue weighted by molar-refractivity contribution is -0.232. The summed E-state index contributed by atoms with van der Waals surface area (Å²) >= 11 is 0. The number of H-pyrrole nitrogens is 1. The van der Waals surface area contributed by atoms with Crippen molar-refractivity contribution < 1.29 is 34.0 Å². The minimum absolute atomic E-state index is 0.0250. The third kappa shape index (κ3) is 9.15. The molecule has 4 aromatic rings. The van der Waals surface area contributed by atoms with E-state index in [1.807, 2.05) is 25.1 Å². The first-order valence-corrected chi connectivity index (χ1v) is 13.4. The van der Waals surface area contributed by atoms with Gasteiger partial charge in [0.25, 0.3) is 0 Å². The maximum Gasteiger partial charge on any atom is 0.230 e. The number of aromatic nitrogens is 4. The Labute approximate surface area is 241 Å². The Kier molecular flexibility index (Phi) is 11.1. The van der Waals surface area contributed by atoms with Gasteiger partial charge in [0.1, 0.15) is 23.7 Å². The first-order valence-electron chi connectivity index (χ1n) is 13.4. The zero-order chi connectivity index (χ0) is 29.9. The van der Waals surface area contributed by atoms with E-state index in [-0.39, 0.29) is 18.9 Å². The molecule has 0 aliphatic carbocycles. The van der Waals surface area contributed by atoms with Crippen molar-refractivity contribution in [3.63, 3.8) is 0 Å². The number of ether oxygens (including phenoxy) is 2. The van der Waals surface area contributed by atoms with Crippen molar-refractivity contribution >= 4 is 34.1 Å². The van der Waals surface area contributed by atoms with Crippen LogP contribution in [0.2, 0.25) is 0 Å². The fraction of sp³-hybridized carbons (Fsp3) is 0.357. The molecule has 1 atom stereocenters. The summed E-state index contributed by atoms with van der Waals surface area (Å²) in [6.07, 6.45) is -1.34. The van der Waals surface area contributed by atoms with Crippen LogP contribution in [-0.2, 0) is 16.0 Å². The maximum absolute atomic E-state index is 13.4. The van der Waals surface area contributed by atoms with E-state index in [0.29, 0.717) is 47.4 Å². The van der Waals surface area contributed by atoms with Gasteiger partial charge in [-0.15, -0.1) is 0 Å². The van der Waals surface area contributed by atoms with E-state index in [0.717, 1.165) is 24.9 Å². The highest BCUT2D eigenvalue weighted by molar-refractivity contribution is 5.93. The van der Waals surface area contributed by atoms with Gasteiger partial charge in [-0.25, -0.2) is 14.4 Å². The van der Waals surface area contributed by atoms with E-state index in [2.05, 4.69) is 35.7 Å². The summed E-state index contributed by atoms with van der Waals surface area (Å²) in [6, 6.07) is 12.9. The van der Waals surface area contributed by atoms with Crippen molar-refractivity contribution in [3.05, 3.63) is 66.4 Å². The molecule has 224 valence electrons. The van der Waals surface area contributed by atoms with Crippen LogP contribution in [0, 0.1) is 5.82 Å². The number of benzene rings is 2. The van der Waals surface area contributed by atoms with E-state index in [9.17, 15) is 14.3 Å². The first-order chi connectivity index (χ1) is 20.3. The van der Waals surface area contributed by atoms with Gasteiger partial charge in [0.15, 0.2) is 5.82 Å². The fourth-order valence-corrected chi connectivity index (χ4v) is 4.10. The number of nitrogens with zero attached hydrogens (tertiary/aromatic N) is 4. The standard InChI is InChI=1S/C28H34FN7O6/c1-2-36(10-12-42-28(40)27(38)39)9-4-11-41-21-7-8-22-23(16-21)30-17-31-26(22)33-24-14-20(34-35-24)15-25(37)32-19-6-3-5-18(29)13-19/h3,5-8,13-14,16-17,27-28,38-40H,2,4,9-12,15H2,1H3,(H,32,37)(H2,30,31,33,34,35). The number of aliphatic hydroxyl groups is 3. The smallest absolute Gasteiger partial charge is 0.230 e. The third-order valence-electron chi connectivity index (χ3n) is 6.23. The van der Waals surface area contributed by atoms with Crippen LogP contribution < -0.4 is 15.4 Å². The minimum Gasteiger partial charge on any atom is -0.493 e. The molecular formula is C28H34FN7O6. The Morgan fingerprint density at radius 1 is 1.10 bits per heavy atom. The predicted molar refractivity (Wildman–Crippen MR) is 153 cm³/mol. The number of amides is 1. The number of rotatable bonds is 16. The van der Waals surface area contributed by atoms with Crippen molar-refractivity contribution in [3.8, 4) is 5.75 Å². The second-order valence-corrected chi connectivity index (χ2v) is 9.35. The monoisotopic (exact) mass is 583 g/mol. The number of likely N-dealkylation sites (N-methyl/N-ethyl adjacent to an activating group) is 1. The Balaban J connectivity index is 1.26. The van der Waals surface area contributed by atoms with Crippen molar-refractivity contribution in [2.75, 3.05) is 43.5 Å². The van der Waals surface area contributed by atoms with Gasteiger partial charge in [-0.3, -0.25) is 9.89 Å². The largest absolute Gasteiger partial charge is 0.493 e. The lowest BCUT2D eigenvalue weighted by Crippen LogP contribution is -2.34. The van der Waals surface area contributed by atoms with Gasteiger partial charge in [-0.2, -0.15) is 5.10 Å². The molecule has 1 unspecified atom stereocenters. The van der Waals surface area contributed by atoms with E-state index >= 15 is 0 Å². The second kappa shape index (κ2) is 15.1. The van der Waals surface area contributed by atoms with E-state index in [1.54, 1.807) is 12.1 Å². The van der Waals surface area contributed by atoms with Crippen LogP contribution in [0.4, 0.5) is 21.7 Å². The van der Waals surface area contributed by atoms with Gasteiger partial charge >= 0.3 is 0 Å². The molecule has 4 rings (SSSR count). The normalized spacial score (nSPS) is 12.2. The molecule has 2 heterocycles. The molecule has 2 aromatic carbocycles. The molecule has 6 N–H and O–H groups in total. The fourth-order valence-electron chi connectivity index (χ4n) is 4.10. The summed E-state index contributed by atoms with van der Waals surface area (Å²) in [6.45, 7) is 4.67. The maximum atomic E-state index is 13.4. The molecule has 0 spiro atoms. The third-order valence-corrected chi connectivity index (χ3v) is 6.23. The highest BCUT2D eigenvalue weighted by Gasteiger charge is 2.14. The molecule has 13 nitrogen and oxygen atoms in total. The molecule has 0 saturated carbocycles. The molecule has 2 aromatic heterocycles. The van der Waals surface area contributed by atoms with Crippen LogP contribution in [0.25, 0.3) is 10.9 Å². The number of anilines is 3. The molecular weight excluding hydrogens is 549 g/mol. The molecule has 42 heavy (non-hydrogen) atoms. The number of aromatic amines is 1. The summed E-state index contributed by atoms with van der Waals surface area (Å²) in [5.41, 5.74) is 1.61.